The third-order valence-electron chi connectivity index (χ3n) is 3.75. The van der Waals surface area contributed by atoms with Gasteiger partial charge in [0.25, 0.3) is 0 Å². The van der Waals surface area contributed by atoms with E-state index in [9.17, 15) is 5.11 Å². The first-order valence-electron chi connectivity index (χ1n) is 7.48. The van der Waals surface area contributed by atoms with Crippen molar-refractivity contribution in [3.8, 4) is 0 Å². The molecule has 0 saturated carbocycles. The van der Waals surface area contributed by atoms with Crippen LogP contribution in [0.2, 0.25) is 0 Å². The molecular formula is C17H28O. The quantitative estimate of drug-likeness (QED) is 0.607. The molecule has 0 heterocycles. The van der Waals surface area contributed by atoms with Crippen molar-refractivity contribution >= 4 is 0 Å². The van der Waals surface area contributed by atoms with Gasteiger partial charge in [0.15, 0.2) is 0 Å². The Morgan fingerprint density at radius 2 is 1.67 bits per heavy atom. The number of rotatable bonds is 9. The van der Waals surface area contributed by atoms with Crippen molar-refractivity contribution in [2.75, 3.05) is 0 Å². The molecule has 1 atom stereocenters. The third-order valence-corrected chi connectivity index (χ3v) is 3.75. The molecule has 102 valence electrons. The lowest BCUT2D eigenvalue weighted by Gasteiger charge is -2.15. The van der Waals surface area contributed by atoms with Crippen LogP contribution in [0.1, 0.15) is 75.8 Å². The minimum absolute atomic E-state index is 0.164. The molecule has 0 radical (unpaired) electrons. The highest BCUT2D eigenvalue weighted by Crippen LogP contribution is 2.25. The summed E-state index contributed by atoms with van der Waals surface area (Å²) in [7, 11) is 0. The van der Waals surface area contributed by atoms with E-state index in [4.69, 9.17) is 0 Å². The van der Waals surface area contributed by atoms with Gasteiger partial charge in [-0.05, 0) is 23.5 Å². The Balaban J connectivity index is 2.29. The van der Waals surface area contributed by atoms with Crippen molar-refractivity contribution in [1.82, 2.24) is 0 Å². The summed E-state index contributed by atoms with van der Waals surface area (Å²) in [5.74, 6) is 0.569. The van der Waals surface area contributed by atoms with E-state index in [-0.39, 0.29) is 6.61 Å². The van der Waals surface area contributed by atoms with Gasteiger partial charge in [0.1, 0.15) is 0 Å². The second-order valence-electron chi connectivity index (χ2n) is 5.31. The van der Waals surface area contributed by atoms with E-state index in [1.165, 1.54) is 50.5 Å². The SMILES string of the molecule is CCCCCCCCC(C)c1ccccc1CO. The number of hydrogen-bond acceptors (Lipinski definition) is 1. The molecular weight excluding hydrogens is 220 g/mol. The van der Waals surface area contributed by atoms with Crippen molar-refractivity contribution in [2.24, 2.45) is 0 Å². The molecule has 0 aliphatic heterocycles. The number of hydrogen-bond donors (Lipinski definition) is 1. The Hall–Kier alpha value is -0.820. The molecule has 1 aromatic carbocycles. The molecule has 0 aliphatic carbocycles. The van der Waals surface area contributed by atoms with E-state index in [0.29, 0.717) is 5.92 Å². The summed E-state index contributed by atoms with van der Waals surface area (Å²) in [6.45, 7) is 4.70. The largest absolute Gasteiger partial charge is 0.392 e. The summed E-state index contributed by atoms with van der Waals surface area (Å²) in [6, 6.07) is 8.28. The molecule has 0 saturated heterocycles. The summed E-state index contributed by atoms with van der Waals surface area (Å²) < 4.78 is 0. The highest BCUT2D eigenvalue weighted by molar-refractivity contribution is 5.29. The van der Waals surface area contributed by atoms with Gasteiger partial charge in [-0.1, -0.05) is 76.6 Å². The Morgan fingerprint density at radius 3 is 2.39 bits per heavy atom. The summed E-state index contributed by atoms with van der Waals surface area (Å²) in [5.41, 5.74) is 2.42. The van der Waals surface area contributed by atoms with E-state index in [2.05, 4.69) is 26.0 Å². The second-order valence-corrected chi connectivity index (χ2v) is 5.31. The van der Waals surface area contributed by atoms with E-state index < -0.39 is 0 Å². The molecule has 0 aromatic heterocycles. The molecule has 1 N–H and O–H groups in total. The van der Waals surface area contributed by atoms with Crippen molar-refractivity contribution in [3.63, 3.8) is 0 Å². The lowest BCUT2D eigenvalue weighted by atomic mass is 9.91. The minimum Gasteiger partial charge on any atom is -0.392 e. The lowest BCUT2D eigenvalue weighted by molar-refractivity contribution is 0.279. The van der Waals surface area contributed by atoms with Gasteiger partial charge >= 0.3 is 0 Å². The normalized spacial score (nSPS) is 12.6. The smallest absolute Gasteiger partial charge is 0.0684 e. The molecule has 1 aromatic rings. The average molecular weight is 248 g/mol. The molecule has 1 unspecified atom stereocenters. The van der Waals surface area contributed by atoms with Crippen LogP contribution < -0.4 is 0 Å². The highest BCUT2D eigenvalue weighted by Gasteiger charge is 2.09. The van der Waals surface area contributed by atoms with Crippen molar-refractivity contribution in [3.05, 3.63) is 35.4 Å². The van der Waals surface area contributed by atoms with Gasteiger partial charge in [-0.2, -0.15) is 0 Å². The monoisotopic (exact) mass is 248 g/mol. The van der Waals surface area contributed by atoms with Gasteiger partial charge in [-0.3, -0.25) is 0 Å². The third kappa shape index (κ3) is 5.22. The van der Waals surface area contributed by atoms with Crippen molar-refractivity contribution in [1.29, 1.82) is 0 Å². The minimum atomic E-state index is 0.164. The fourth-order valence-corrected chi connectivity index (χ4v) is 2.55. The maximum atomic E-state index is 9.34. The first-order chi connectivity index (χ1) is 8.79. The zero-order chi connectivity index (χ0) is 13.2. The van der Waals surface area contributed by atoms with Crippen LogP contribution in [0.3, 0.4) is 0 Å². The van der Waals surface area contributed by atoms with E-state index in [1.807, 2.05) is 12.1 Å². The zero-order valence-electron chi connectivity index (χ0n) is 12.0. The molecule has 0 bridgehead atoms. The van der Waals surface area contributed by atoms with Gasteiger partial charge in [0, 0.05) is 0 Å². The second kappa shape index (κ2) is 9.16. The molecule has 18 heavy (non-hydrogen) atoms. The Bertz CT molecular complexity index is 319. The fraction of sp³-hybridized carbons (Fsp3) is 0.647. The summed E-state index contributed by atoms with van der Waals surface area (Å²) in [4.78, 5) is 0. The van der Waals surface area contributed by atoms with Crippen LogP contribution in [0.15, 0.2) is 24.3 Å². The number of aliphatic hydroxyl groups excluding tert-OH is 1. The van der Waals surface area contributed by atoms with Crippen LogP contribution in [-0.4, -0.2) is 5.11 Å². The molecule has 0 aliphatic rings. The Morgan fingerprint density at radius 1 is 1.00 bits per heavy atom. The maximum absolute atomic E-state index is 9.34. The maximum Gasteiger partial charge on any atom is 0.0684 e. The lowest BCUT2D eigenvalue weighted by Crippen LogP contribution is -1.99. The van der Waals surface area contributed by atoms with Crippen LogP contribution in [0, 0.1) is 0 Å². The van der Waals surface area contributed by atoms with Gasteiger partial charge in [0.2, 0.25) is 0 Å². The average Bonchev–Trinajstić information content (AvgIpc) is 2.42. The predicted octanol–water partition coefficient (Wildman–Crippen LogP) is 5.03. The molecule has 0 spiro atoms. The standard InChI is InChI=1S/C17H28O/c1-3-4-5-6-7-8-11-15(2)17-13-10-9-12-16(17)14-18/h9-10,12-13,15,18H,3-8,11,14H2,1-2H3. The Labute approximate surface area is 112 Å². The van der Waals surface area contributed by atoms with Crippen LogP contribution in [0.25, 0.3) is 0 Å². The predicted molar refractivity (Wildman–Crippen MR) is 78.8 cm³/mol. The number of unbranched alkanes of at least 4 members (excludes halogenated alkanes) is 5. The zero-order valence-corrected chi connectivity index (χ0v) is 12.0. The van der Waals surface area contributed by atoms with E-state index in [0.717, 1.165) is 5.56 Å². The van der Waals surface area contributed by atoms with Crippen LogP contribution in [0.5, 0.6) is 0 Å². The molecule has 1 heteroatoms. The van der Waals surface area contributed by atoms with Crippen LogP contribution in [-0.2, 0) is 6.61 Å². The number of benzene rings is 1. The van der Waals surface area contributed by atoms with Gasteiger partial charge in [-0.25, -0.2) is 0 Å². The molecule has 0 fully saturated rings. The van der Waals surface area contributed by atoms with Crippen LogP contribution in [0.4, 0.5) is 0 Å². The first kappa shape index (κ1) is 15.2. The molecule has 0 amide bonds. The summed E-state index contributed by atoms with van der Waals surface area (Å²) in [5, 5.41) is 9.34. The van der Waals surface area contributed by atoms with Gasteiger partial charge < -0.3 is 5.11 Å². The first-order valence-corrected chi connectivity index (χ1v) is 7.48. The summed E-state index contributed by atoms with van der Waals surface area (Å²) >= 11 is 0. The molecule has 1 nitrogen and oxygen atoms in total. The van der Waals surface area contributed by atoms with Crippen molar-refractivity contribution < 1.29 is 5.11 Å². The highest BCUT2D eigenvalue weighted by atomic mass is 16.3. The topological polar surface area (TPSA) is 20.2 Å². The van der Waals surface area contributed by atoms with Crippen molar-refractivity contribution in [2.45, 2.75) is 71.3 Å². The van der Waals surface area contributed by atoms with Gasteiger partial charge in [0.05, 0.1) is 6.61 Å². The van der Waals surface area contributed by atoms with E-state index in [1.54, 1.807) is 0 Å². The molecule has 1 rings (SSSR count). The fourth-order valence-electron chi connectivity index (χ4n) is 2.55. The Kier molecular flexibility index (Phi) is 7.75. The number of aliphatic hydroxyl groups is 1. The summed E-state index contributed by atoms with van der Waals surface area (Å²) in [6.07, 6.45) is 9.36. The van der Waals surface area contributed by atoms with E-state index >= 15 is 0 Å². The van der Waals surface area contributed by atoms with Gasteiger partial charge in [-0.15, -0.1) is 0 Å². The van der Waals surface area contributed by atoms with Crippen LogP contribution >= 0.6 is 0 Å².